The molecule has 5 nitrogen and oxygen atoms in total. The number of hydrogen-bond acceptors (Lipinski definition) is 4. The lowest BCUT2D eigenvalue weighted by Gasteiger charge is -2.15. The second-order valence-corrected chi connectivity index (χ2v) is 8.45. The number of rotatable bonds is 5. The van der Waals surface area contributed by atoms with Crippen LogP contribution in [0.3, 0.4) is 0 Å². The van der Waals surface area contributed by atoms with Crippen molar-refractivity contribution in [3.8, 4) is 0 Å². The van der Waals surface area contributed by atoms with Crippen LogP contribution in [0.25, 0.3) is 0 Å². The van der Waals surface area contributed by atoms with Gasteiger partial charge in [0.25, 0.3) is 0 Å². The summed E-state index contributed by atoms with van der Waals surface area (Å²) in [5.74, 6) is -0.288. The van der Waals surface area contributed by atoms with Gasteiger partial charge in [0.05, 0.1) is 17.4 Å². The molecule has 1 aromatic rings. The van der Waals surface area contributed by atoms with Crippen LogP contribution in [-0.2, 0) is 27.7 Å². The Bertz CT molecular complexity index is 632. The van der Waals surface area contributed by atoms with Gasteiger partial charge in [-0.15, -0.1) is 0 Å². The number of fused-ring (bicyclic) bond motifs is 1. The number of nitrogens with zero attached hydrogens (tertiary/aromatic N) is 1. The Labute approximate surface area is 131 Å². The number of amides is 1. The maximum atomic E-state index is 11.9. The van der Waals surface area contributed by atoms with Gasteiger partial charge in [0.2, 0.25) is 5.91 Å². The normalized spacial score (nSPS) is 23.4. The van der Waals surface area contributed by atoms with Crippen LogP contribution in [0.15, 0.2) is 24.3 Å². The fourth-order valence-electron chi connectivity index (χ4n) is 3.22. The smallest absolute Gasteiger partial charge is 0.224 e. The lowest BCUT2D eigenvalue weighted by Crippen LogP contribution is -2.33. The molecule has 120 valence electrons. The van der Waals surface area contributed by atoms with Crippen LogP contribution in [-0.4, -0.2) is 43.8 Å². The summed E-state index contributed by atoms with van der Waals surface area (Å²) in [6, 6.07) is 8.46. The summed E-state index contributed by atoms with van der Waals surface area (Å²) in [5.41, 5.74) is 2.78. The highest BCUT2D eigenvalue weighted by molar-refractivity contribution is 7.91. The van der Waals surface area contributed by atoms with Crippen LogP contribution >= 0.6 is 0 Å². The van der Waals surface area contributed by atoms with Crippen LogP contribution in [0.4, 0.5) is 0 Å². The molecule has 0 radical (unpaired) electrons. The zero-order valence-electron chi connectivity index (χ0n) is 12.6. The minimum Gasteiger partial charge on any atom is -0.356 e. The Morgan fingerprint density at radius 2 is 1.91 bits per heavy atom. The third-order valence-electron chi connectivity index (χ3n) is 4.46. The van der Waals surface area contributed by atoms with E-state index in [0.29, 0.717) is 13.0 Å². The predicted octanol–water partition coefficient (Wildman–Crippen LogP) is 0.943. The Kier molecular flexibility index (Phi) is 4.49. The molecular formula is C16H22N2O3S. The molecule has 1 fully saturated rings. The van der Waals surface area contributed by atoms with Crippen LogP contribution < -0.4 is 5.32 Å². The Morgan fingerprint density at radius 3 is 2.50 bits per heavy atom. The molecule has 0 aromatic heterocycles. The van der Waals surface area contributed by atoms with Gasteiger partial charge in [-0.05, 0) is 24.0 Å². The van der Waals surface area contributed by atoms with Crippen molar-refractivity contribution < 1.29 is 13.2 Å². The molecule has 2 aliphatic heterocycles. The summed E-state index contributed by atoms with van der Waals surface area (Å²) in [6.45, 7) is 3.51. The van der Waals surface area contributed by atoms with E-state index in [1.54, 1.807) is 0 Å². The molecule has 0 spiro atoms. The summed E-state index contributed by atoms with van der Waals surface area (Å²) >= 11 is 0. The first-order chi connectivity index (χ1) is 10.5. The lowest BCUT2D eigenvalue weighted by atomic mass is 10.1. The van der Waals surface area contributed by atoms with E-state index in [9.17, 15) is 13.2 Å². The van der Waals surface area contributed by atoms with Gasteiger partial charge in [0.1, 0.15) is 0 Å². The zero-order chi connectivity index (χ0) is 15.6. The third-order valence-corrected chi connectivity index (χ3v) is 6.23. The second-order valence-electron chi connectivity index (χ2n) is 6.22. The van der Waals surface area contributed by atoms with Crippen molar-refractivity contribution in [2.45, 2.75) is 25.9 Å². The Hall–Kier alpha value is -1.40. The number of carbonyl (C=O) groups excluding carboxylic acids is 1. The SMILES string of the molecule is O=C(NCCCN1Cc2ccccc2C1)[C@H]1CCS(=O)(=O)C1. The van der Waals surface area contributed by atoms with E-state index < -0.39 is 9.84 Å². The predicted molar refractivity (Wildman–Crippen MR) is 84.9 cm³/mol. The van der Waals surface area contributed by atoms with Crippen LogP contribution in [0.2, 0.25) is 0 Å². The van der Waals surface area contributed by atoms with Crippen LogP contribution in [0.1, 0.15) is 24.0 Å². The van der Waals surface area contributed by atoms with Gasteiger partial charge in [-0.1, -0.05) is 24.3 Å². The Balaban J connectivity index is 1.36. The number of hydrogen-bond donors (Lipinski definition) is 1. The molecule has 2 heterocycles. The fourth-order valence-corrected chi connectivity index (χ4v) is 4.96. The number of benzene rings is 1. The minimum absolute atomic E-state index is 0.0142. The number of nitrogens with one attached hydrogen (secondary N) is 1. The van der Waals surface area contributed by atoms with Gasteiger partial charge in [-0.3, -0.25) is 9.69 Å². The topological polar surface area (TPSA) is 66.5 Å². The van der Waals surface area contributed by atoms with E-state index in [2.05, 4.69) is 34.5 Å². The van der Waals surface area contributed by atoms with Crippen molar-refractivity contribution in [2.24, 2.45) is 5.92 Å². The quantitative estimate of drug-likeness (QED) is 0.820. The molecule has 1 N–H and O–H groups in total. The standard InChI is InChI=1S/C16H22N2O3S/c19-16(15-6-9-22(20,21)12-15)17-7-3-8-18-10-13-4-1-2-5-14(13)11-18/h1-2,4-5,15H,3,6-12H2,(H,17,19)/t15-/m0/s1. The molecular weight excluding hydrogens is 300 g/mol. The molecule has 22 heavy (non-hydrogen) atoms. The minimum atomic E-state index is -2.98. The van der Waals surface area contributed by atoms with Gasteiger partial charge in [0.15, 0.2) is 9.84 Å². The molecule has 0 aliphatic carbocycles. The van der Waals surface area contributed by atoms with Crippen LogP contribution in [0.5, 0.6) is 0 Å². The summed E-state index contributed by atoms with van der Waals surface area (Å²) in [4.78, 5) is 14.3. The molecule has 6 heteroatoms. The Morgan fingerprint density at radius 1 is 1.23 bits per heavy atom. The molecule has 1 amide bonds. The van der Waals surface area contributed by atoms with Crippen molar-refractivity contribution in [2.75, 3.05) is 24.6 Å². The monoisotopic (exact) mass is 322 g/mol. The molecule has 0 bridgehead atoms. The highest BCUT2D eigenvalue weighted by Gasteiger charge is 2.32. The van der Waals surface area contributed by atoms with E-state index in [4.69, 9.17) is 0 Å². The maximum Gasteiger partial charge on any atom is 0.224 e. The van der Waals surface area contributed by atoms with Gasteiger partial charge >= 0.3 is 0 Å². The van der Waals surface area contributed by atoms with E-state index in [0.717, 1.165) is 26.1 Å². The summed E-state index contributed by atoms with van der Waals surface area (Å²) in [7, 11) is -2.98. The maximum absolute atomic E-state index is 11.9. The first-order valence-corrected chi connectivity index (χ1v) is 9.63. The molecule has 1 atom stereocenters. The van der Waals surface area contributed by atoms with Crippen molar-refractivity contribution in [3.63, 3.8) is 0 Å². The highest BCUT2D eigenvalue weighted by Crippen LogP contribution is 2.22. The van der Waals surface area contributed by atoms with E-state index >= 15 is 0 Å². The van der Waals surface area contributed by atoms with Gasteiger partial charge < -0.3 is 5.32 Å². The number of sulfone groups is 1. The highest BCUT2D eigenvalue weighted by atomic mass is 32.2. The lowest BCUT2D eigenvalue weighted by molar-refractivity contribution is -0.124. The zero-order valence-corrected chi connectivity index (χ0v) is 13.4. The molecule has 0 saturated carbocycles. The van der Waals surface area contributed by atoms with Gasteiger partial charge in [-0.2, -0.15) is 0 Å². The average molecular weight is 322 g/mol. The summed E-state index contributed by atoms with van der Waals surface area (Å²) in [5, 5.41) is 2.88. The average Bonchev–Trinajstić information content (AvgIpc) is 3.05. The molecule has 1 aromatic carbocycles. The second kappa shape index (κ2) is 6.38. The largest absolute Gasteiger partial charge is 0.356 e. The van der Waals surface area contributed by atoms with Crippen LogP contribution in [0, 0.1) is 5.92 Å². The summed E-state index contributed by atoms with van der Waals surface area (Å²) < 4.78 is 22.7. The van der Waals surface area contributed by atoms with Crippen molar-refractivity contribution in [1.29, 1.82) is 0 Å². The molecule has 1 saturated heterocycles. The summed E-state index contributed by atoms with van der Waals surface area (Å²) in [6.07, 6.45) is 1.36. The van der Waals surface area contributed by atoms with Gasteiger partial charge in [0, 0.05) is 26.2 Å². The fraction of sp³-hybridized carbons (Fsp3) is 0.562. The third kappa shape index (κ3) is 3.67. The molecule has 3 rings (SSSR count). The van der Waals surface area contributed by atoms with Gasteiger partial charge in [-0.25, -0.2) is 8.42 Å². The van der Waals surface area contributed by atoms with E-state index in [1.165, 1.54) is 11.1 Å². The van der Waals surface area contributed by atoms with E-state index in [1.807, 2.05) is 0 Å². The van der Waals surface area contributed by atoms with Crippen molar-refractivity contribution in [3.05, 3.63) is 35.4 Å². The first kappa shape index (κ1) is 15.5. The first-order valence-electron chi connectivity index (χ1n) is 7.81. The van der Waals surface area contributed by atoms with Crippen molar-refractivity contribution >= 4 is 15.7 Å². The molecule has 2 aliphatic rings. The molecule has 0 unspecified atom stereocenters. The number of carbonyl (C=O) groups is 1. The van der Waals surface area contributed by atoms with Crippen molar-refractivity contribution in [1.82, 2.24) is 10.2 Å². The van der Waals surface area contributed by atoms with E-state index in [-0.39, 0.29) is 23.3 Å².